The molecule has 0 N–H and O–H groups in total. The fourth-order valence-corrected chi connectivity index (χ4v) is 1.19. The van der Waals surface area contributed by atoms with Crippen LogP contribution in [0.25, 0.3) is 0 Å². The Labute approximate surface area is 58.8 Å². The van der Waals surface area contributed by atoms with Crippen LogP contribution in [0.2, 0.25) is 0 Å². The van der Waals surface area contributed by atoms with E-state index in [-0.39, 0.29) is 5.92 Å². The number of rotatable bonds is 2. The van der Waals surface area contributed by atoms with E-state index in [1.165, 1.54) is 0 Å². The lowest BCUT2D eigenvalue weighted by Gasteiger charge is -1.85. The third-order valence-electron chi connectivity index (χ3n) is 1.92. The molecule has 0 unspecified atom stereocenters. The number of hydrogen-bond donors (Lipinski definition) is 0. The van der Waals surface area contributed by atoms with Crippen molar-refractivity contribution >= 4 is 6.29 Å². The van der Waals surface area contributed by atoms with Gasteiger partial charge in [0.1, 0.15) is 12.0 Å². The van der Waals surface area contributed by atoms with E-state index in [4.69, 9.17) is 4.42 Å². The molecule has 1 aromatic heterocycles. The second kappa shape index (κ2) is 1.97. The van der Waals surface area contributed by atoms with Gasteiger partial charge in [0, 0.05) is 11.8 Å². The first-order valence-electron chi connectivity index (χ1n) is 3.40. The zero-order chi connectivity index (χ0) is 6.97. The van der Waals surface area contributed by atoms with Crippen LogP contribution in [0.5, 0.6) is 0 Å². The first-order chi connectivity index (χ1) is 4.92. The highest BCUT2D eigenvalue weighted by Crippen LogP contribution is 2.45. The van der Waals surface area contributed by atoms with Crippen LogP contribution < -0.4 is 0 Å². The zero-order valence-electron chi connectivity index (χ0n) is 5.49. The molecule has 1 saturated carbocycles. The number of aldehydes is 1. The quantitative estimate of drug-likeness (QED) is 0.578. The summed E-state index contributed by atoms with van der Waals surface area (Å²) < 4.78 is 5.13. The fraction of sp³-hybridized carbons (Fsp3) is 0.375. The van der Waals surface area contributed by atoms with Crippen molar-refractivity contribution in [1.82, 2.24) is 0 Å². The van der Waals surface area contributed by atoms with Gasteiger partial charge in [0.2, 0.25) is 0 Å². The summed E-state index contributed by atoms with van der Waals surface area (Å²) in [6.45, 7) is 0. The van der Waals surface area contributed by atoms with Gasteiger partial charge in [-0.25, -0.2) is 0 Å². The second-order valence-electron chi connectivity index (χ2n) is 2.66. The van der Waals surface area contributed by atoms with Crippen molar-refractivity contribution in [3.05, 3.63) is 24.2 Å². The molecule has 1 aliphatic rings. The lowest BCUT2D eigenvalue weighted by molar-refractivity contribution is -0.108. The average Bonchev–Trinajstić information content (AvgIpc) is 2.56. The molecule has 0 amide bonds. The van der Waals surface area contributed by atoms with E-state index in [1.54, 1.807) is 6.26 Å². The number of carbonyl (C=O) groups is 1. The first kappa shape index (κ1) is 5.71. The molecule has 2 atom stereocenters. The maximum Gasteiger partial charge on any atom is 0.123 e. The molecule has 2 nitrogen and oxygen atoms in total. The third kappa shape index (κ3) is 0.764. The summed E-state index contributed by atoms with van der Waals surface area (Å²) in [7, 11) is 0. The Bertz CT molecular complexity index is 225. The topological polar surface area (TPSA) is 30.2 Å². The highest BCUT2D eigenvalue weighted by atomic mass is 16.3. The van der Waals surface area contributed by atoms with Crippen LogP contribution in [0.4, 0.5) is 0 Å². The van der Waals surface area contributed by atoms with Gasteiger partial charge in [-0.05, 0) is 18.6 Å². The Kier molecular flexibility index (Phi) is 1.13. The average molecular weight is 136 g/mol. The van der Waals surface area contributed by atoms with E-state index in [0.717, 1.165) is 18.5 Å². The standard InChI is InChI=1S/C8H8O2/c9-5-6-4-7(6)8-2-1-3-10-8/h1-3,5-7H,4H2/t6-,7+/m1/s1. The summed E-state index contributed by atoms with van der Waals surface area (Å²) in [6.07, 6.45) is 3.62. The van der Waals surface area contributed by atoms with E-state index < -0.39 is 0 Å². The minimum absolute atomic E-state index is 0.228. The smallest absolute Gasteiger partial charge is 0.123 e. The van der Waals surface area contributed by atoms with Crippen LogP contribution in [-0.2, 0) is 4.79 Å². The van der Waals surface area contributed by atoms with Crippen LogP contribution in [0.1, 0.15) is 18.1 Å². The normalized spacial score (nSPS) is 30.0. The molecule has 0 bridgehead atoms. The molecule has 10 heavy (non-hydrogen) atoms. The summed E-state index contributed by atoms with van der Waals surface area (Å²) in [5.41, 5.74) is 0. The minimum atomic E-state index is 0.228. The van der Waals surface area contributed by atoms with Gasteiger partial charge in [0.05, 0.1) is 6.26 Å². The predicted molar refractivity (Wildman–Crippen MR) is 35.6 cm³/mol. The zero-order valence-corrected chi connectivity index (χ0v) is 5.49. The Balaban J connectivity index is 2.11. The summed E-state index contributed by atoms with van der Waals surface area (Å²) in [4.78, 5) is 10.2. The van der Waals surface area contributed by atoms with Crippen LogP contribution in [0.3, 0.4) is 0 Å². The maximum atomic E-state index is 10.2. The molecular weight excluding hydrogens is 128 g/mol. The van der Waals surface area contributed by atoms with E-state index in [9.17, 15) is 4.79 Å². The molecule has 0 spiro atoms. The summed E-state index contributed by atoms with van der Waals surface area (Å²) in [5.74, 6) is 1.57. The van der Waals surface area contributed by atoms with Crippen molar-refractivity contribution in [1.29, 1.82) is 0 Å². The van der Waals surface area contributed by atoms with Crippen molar-refractivity contribution in [2.75, 3.05) is 0 Å². The fourth-order valence-electron chi connectivity index (χ4n) is 1.19. The van der Waals surface area contributed by atoms with Gasteiger partial charge in [-0.15, -0.1) is 0 Å². The van der Waals surface area contributed by atoms with Crippen LogP contribution >= 0.6 is 0 Å². The van der Waals surface area contributed by atoms with Crippen LogP contribution in [0.15, 0.2) is 22.8 Å². The predicted octanol–water partition coefficient (Wildman–Crippen LogP) is 1.58. The number of furan rings is 1. The Morgan fingerprint density at radius 1 is 1.70 bits per heavy atom. The SMILES string of the molecule is O=C[C@H]1C[C@@H]1c1ccco1. The largest absolute Gasteiger partial charge is 0.469 e. The van der Waals surface area contributed by atoms with Gasteiger partial charge in [-0.2, -0.15) is 0 Å². The minimum Gasteiger partial charge on any atom is -0.469 e. The Hall–Kier alpha value is -1.05. The first-order valence-corrected chi connectivity index (χ1v) is 3.40. The highest BCUT2D eigenvalue weighted by molar-refractivity contribution is 5.60. The molecule has 0 saturated heterocycles. The van der Waals surface area contributed by atoms with Crippen molar-refractivity contribution in [3.63, 3.8) is 0 Å². The third-order valence-corrected chi connectivity index (χ3v) is 1.92. The summed E-state index contributed by atoms with van der Waals surface area (Å²) in [5, 5.41) is 0. The van der Waals surface area contributed by atoms with Crippen molar-refractivity contribution in [3.8, 4) is 0 Å². The number of carbonyl (C=O) groups excluding carboxylic acids is 1. The Morgan fingerprint density at radius 2 is 2.60 bits per heavy atom. The van der Waals surface area contributed by atoms with Crippen molar-refractivity contribution in [2.45, 2.75) is 12.3 Å². The molecule has 0 aliphatic heterocycles. The van der Waals surface area contributed by atoms with Crippen LogP contribution in [0, 0.1) is 5.92 Å². The molecular formula is C8H8O2. The molecule has 1 aromatic rings. The van der Waals surface area contributed by atoms with E-state index in [2.05, 4.69) is 0 Å². The van der Waals surface area contributed by atoms with Gasteiger partial charge in [-0.3, -0.25) is 0 Å². The molecule has 1 fully saturated rings. The molecule has 2 rings (SSSR count). The molecule has 1 aliphatic carbocycles. The Morgan fingerprint density at radius 3 is 3.10 bits per heavy atom. The van der Waals surface area contributed by atoms with E-state index in [0.29, 0.717) is 5.92 Å². The van der Waals surface area contributed by atoms with E-state index >= 15 is 0 Å². The monoisotopic (exact) mass is 136 g/mol. The van der Waals surface area contributed by atoms with Gasteiger partial charge in [0.25, 0.3) is 0 Å². The van der Waals surface area contributed by atoms with Crippen LogP contribution in [-0.4, -0.2) is 6.29 Å². The summed E-state index contributed by atoms with van der Waals surface area (Å²) >= 11 is 0. The number of hydrogen-bond acceptors (Lipinski definition) is 2. The van der Waals surface area contributed by atoms with Gasteiger partial charge >= 0.3 is 0 Å². The van der Waals surface area contributed by atoms with Crippen molar-refractivity contribution < 1.29 is 9.21 Å². The highest BCUT2D eigenvalue weighted by Gasteiger charge is 2.39. The lowest BCUT2D eigenvalue weighted by atomic mass is 10.3. The molecule has 0 aromatic carbocycles. The lowest BCUT2D eigenvalue weighted by Crippen LogP contribution is -1.79. The molecule has 2 heteroatoms. The second-order valence-corrected chi connectivity index (χ2v) is 2.66. The molecule has 1 heterocycles. The summed E-state index contributed by atoms with van der Waals surface area (Å²) in [6, 6.07) is 3.78. The van der Waals surface area contributed by atoms with E-state index in [1.807, 2.05) is 12.1 Å². The van der Waals surface area contributed by atoms with Crippen molar-refractivity contribution in [2.24, 2.45) is 5.92 Å². The molecule has 0 radical (unpaired) electrons. The maximum absolute atomic E-state index is 10.2. The van der Waals surface area contributed by atoms with Gasteiger partial charge < -0.3 is 9.21 Å². The van der Waals surface area contributed by atoms with Gasteiger partial charge in [-0.1, -0.05) is 0 Å². The molecule has 52 valence electrons. The van der Waals surface area contributed by atoms with Gasteiger partial charge in [0.15, 0.2) is 0 Å².